The van der Waals surface area contributed by atoms with Crippen molar-refractivity contribution < 1.29 is 9.90 Å². The van der Waals surface area contributed by atoms with E-state index in [9.17, 15) is 4.79 Å². The van der Waals surface area contributed by atoms with Crippen molar-refractivity contribution >= 4 is 11.7 Å². The summed E-state index contributed by atoms with van der Waals surface area (Å²) in [6, 6.07) is 6.81. The van der Waals surface area contributed by atoms with Crippen LogP contribution in [-0.2, 0) is 11.2 Å². The molecule has 92 valence electrons. The lowest BCUT2D eigenvalue weighted by atomic mass is 10.1. The molecule has 3 N–H and O–H groups in total. The van der Waals surface area contributed by atoms with Crippen molar-refractivity contribution in [2.75, 3.05) is 5.73 Å². The lowest BCUT2D eigenvalue weighted by Gasteiger charge is -1.96. The Morgan fingerprint density at radius 3 is 1.88 bits per heavy atom. The van der Waals surface area contributed by atoms with E-state index in [0.29, 0.717) is 5.69 Å². The van der Waals surface area contributed by atoms with Gasteiger partial charge in [-0.15, -0.1) is 0 Å². The van der Waals surface area contributed by atoms with E-state index in [1.165, 1.54) is 6.42 Å². The van der Waals surface area contributed by atoms with Crippen LogP contribution in [-0.4, -0.2) is 11.1 Å². The zero-order valence-electron chi connectivity index (χ0n) is 10.7. The first-order chi connectivity index (χ1) is 7.60. The lowest BCUT2D eigenvalue weighted by molar-refractivity contribution is -0.136. The number of benzene rings is 1. The minimum absolute atomic E-state index is 0.0558. The van der Waals surface area contributed by atoms with Crippen LogP contribution < -0.4 is 5.73 Å². The van der Waals surface area contributed by atoms with E-state index in [4.69, 9.17) is 10.8 Å². The van der Waals surface area contributed by atoms with Gasteiger partial charge in [0.25, 0.3) is 0 Å². The SMILES string of the molecule is CC.CCC.Nc1ccc(CC(=O)O)cc1. The number of rotatable bonds is 2. The normalized spacial score (nSPS) is 8.00. The van der Waals surface area contributed by atoms with Gasteiger partial charge in [-0.3, -0.25) is 4.79 Å². The van der Waals surface area contributed by atoms with Crippen LogP contribution in [0.3, 0.4) is 0 Å². The molecule has 0 aliphatic carbocycles. The first kappa shape index (κ1) is 16.9. The third-order valence-corrected chi connectivity index (χ3v) is 1.34. The number of nitrogen functional groups attached to an aromatic ring is 1. The number of carboxylic acid groups (broad SMARTS) is 1. The minimum atomic E-state index is -0.824. The second-order valence-corrected chi connectivity index (χ2v) is 3.02. The molecule has 3 heteroatoms. The zero-order chi connectivity index (χ0) is 13.0. The monoisotopic (exact) mass is 225 g/mol. The molecule has 3 nitrogen and oxygen atoms in total. The Kier molecular flexibility index (Phi) is 12.2. The zero-order valence-corrected chi connectivity index (χ0v) is 10.7. The summed E-state index contributed by atoms with van der Waals surface area (Å²) in [4.78, 5) is 10.2. The van der Waals surface area contributed by atoms with Gasteiger partial charge in [0.05, 0.1) is 6.42 Å². The molecule has 0 amide bonds. The molecule has 0 unspecified atom stereocenters. The van der Waals surface area contributed by atoms with E-state index in [1.54, 1.807) is 24.3 Å². The molecule has 0 saturated heterocycles. The predicted molar refractivity (Wildman–Crippen MR) is 69.5 cm³/mol. The molecule has 0 spiro atoms. The van der Waals surface area contributed by atoms with Crippen LogP contribution >= 0.6 is 0 Å². The van der Waals surface area contributed by atoms with Crippen LogP contribution in [0.2, 0.25) is 0 Å². The summed E-state index contributed by atoms with van der Waals surface area (Å²) in [5.74, 6) is -0.824. The van der Waals surface area contributed by atoms with Gasteiger partial charge in [0, 0.05) is 5.69 Å². The quantitative estimate of drug-likeness (QED) is 0.759. The molecule has 0 radical (unpaired) electrons. The van der Waals surface area contributed by atoms with Crippen LogP contribution in [0.15, 0.2) is 24.3 Å². The number of aliphatic carboxylic acids is 1. The topological polar surface area (TPSA) is 63.3 Å². The summed E-state index contributed by atoms with van der Waals surface area (Å²) < 4.78 is 0. The van der Waals surface area contributed by atoms with E-state index in [-0.39, 0.29) is 6.42 Å². The number of carbonyl (C=O) groups is 1. The first-order valence-corrected chi connectivity index (χ1v) is 5.66. The van der Waals surface area contributed by atoms with E-state index < -0.39 is 5.97 Å². The van der Waals surface area contributed by atoms with Crippen LogP contribution in [0.1, 0.15) is 39.7 Å². The van der Waals surface area contributed by atoms with Gasteiger partial charge in [-0.25, -0.2) is 0 Å². The van der Waals surface area contributed by atoms with Gasteiger partial charge in [0.2, 0.25) is 0 Å². The Morgan fingerprint density at radius 1 is 1.19 bits per heavy atom. The largest absolute Gasteiger partial charge is 0.481 e. The van der Waals surface area contributed by atoms with Gasteiger partial charge >= 0.3 is 5.97 Å². The van der Waals surface area contributed by atoms with E-state index >= 15 is 0 Å². The van der Waals surface area contributed by atoms with Crippen LogP contribution in [0, 0.1) is 0 Å². The molecule has 0 aliphatic rings. The van der Waals surface area contributed by atoms with Crippen molar-refractivity contribution in [3.05, 3.63) is 29.8 Å². The van der Waals surface area contributed by atoms with Gasteiger partial charge in [-0.1, -0.05) is 46.2 Å². The molecule has 0 heterocycles. The highest BCUT2D eigenvalue weighted by molar-refractivity contribution is 5.70. The van der Waals surface area contributed by atoms with Crippen molar-refractivity contribution in [1.29, 1.82) is 0 Å². The molecule has 0 aliphatic heterocycles. The van der Waals surface area contributed by atoms with Crippen LogP contribution in [0.4, 0.5) is 5.69 Å². The average Bonchev–Trinajstić information content (AvgIpc) is 2.25. The molecule has 1 aromatic rings. The maximum atomic E-state index is 10.2. The highest BCUT2D eigenvalue weighted by atomic mass is 16.4. The molecule has 0 saturated carbocycles. The van der Waals surface area contributed by atoms with Crippen LogP contribution in [0.5, 0.6) is 0 Å². The fourth-order valence-electron chi connectivity index (χ4n) is 0.810. The minimum Gasteiger partial charge on any atom is -0.481 e. The Labute approximate surface area is 98.3 Å². The summed E-state index contributed by atoms with van der Waals surface area (Å²) >= 11 is 0. The van der Waals surface area contributed by atoms with Gasteiger partial charge in [-0.05, 0) is 17.7 Å². The first-order valence-electron chi connectivity index (χ1n) is 5.66. The Hall–Kier alpha value is -1.51. The number of hydrogen-bond donors (Lipinski definition) is 2. The Bertz CT molecular complexity index is 268. The number of carboxylic acids is 1. The highest BCUT2D eigenvalue weighted by Crippen LogP contribution is 2.05. The molecule has 0 fully saturated rings. The van der Waals surface area contributed by atoms with Crippen molar-refractivity contribution in [2.24, 2.45) is 0 Å². The van der Waals surface area contributed by atoms with Gasteiger partial charge in [-0.2, -0.15) is 0 Å². The molecule has 1 aromatic carbocycles. The fourth-order valence-corrected chi connectivity index (χ4v) is 0.810. The second-order valence-electron chi connectivity index (χ2n) is 3.02. The van der Waals surface area contributed by atoms with Crippen molar-refractivity contribution in [3.8, 4) is 0 Å². The number of anilines is 1. The molecular formula is C13H23NO2. The molecule has 0 aromatic heterocycles. The third kappa shape index (κ3) is 10.6. The fraction of sp³-hybridized carbons (Fsp3) is 0.462. The van der Waals surface area contributed by atoms with Gasteiger partial charge < -0.3 is 10.8 Å². The second kappa shape index (κ2) is 11.6. The lowest BCUT2D eigenvalue weighted by Crippen LogP contribution is -1.99. The molecule has 0 atom stereocenters. The van der Waals surface area contributed by atoms with Crippen molar-refractivity contribution in [1.82, 2.24) is 0 Å². The van der Waals surface area contributed by atoms with Gasteiger partial charge in [0.1, 0.15) is 0 Å². The maximum Gasteiger partial charge on any atom is 0.307 e. The van der Waals surface area contributed by atoms with Gasteiger partial charge in [0.15, 0.2) is 0 Å². The van der Waals surface area contributed by atoms with Crippen molar-refractivity contribution in [3.63, 3.8) is 0 Å². The van der Waals surface area contributed by atoms with Crippen LogP contribution in [0.25, 0.3) is 0 Å². The Balaban J connectivity index is 0. The average molecular weight is 225 g/mol. The Morgan fingerprint density at radius 2 is 1.56 bits per heavy atom. The molecule has 1 rings (SSSR count). The summed E-state index contributed by atoms with van der Waals surface area (Å²) in [6.45, 7) is 8.25. The molecule has 16 heavy (non-hydrogen) atoms. The third-order valence-electron chi connectivity index (χ3n) is 1.34. The summed E-state index contributed by atoms with van der Waals surface area (Å²) in [5, 5.41) is 8.40. The van der Waals surface area contributed by atoms with E-state index in [1.807, 2.05) is 13.8 Å². The maximum absolute atomic E-state index is 10.2. The summed E-state index contributed by atoms with van der Waals surface area (Å²) in [5.41, 5.74) is 6.83. The smallest absolute Gasteiger partial charge is 0.307 e. The van der Waals surface area contributed by atoms with E-state index in [0.717, 1.165) is 5.56 Å². The van der Waals surface area contributed by atoms with Crippen molar-refractivity contribution in [2.45, 2.75) is 40.5 Å². The number of hydrogen-bond acceptors (Lipinski definition) is 2. The predicted octanol–water partition coefficient (Wildman–Crippen LogP) is 3.34. The summed E-state index contributed by atoms with van der Waals surface area (Å²) in [7, 11) is 0. The molecular weight excluding hydrogens is 202 g/mol. The summed E-state index contributed by atoms with van der Waals surface area (Å²) in [6.07, 6.45) is 1.31. The van der Waals surface area contributed by atoms with E-state index in [2.05, 4.69) is 13.8 Å². The number of nitrogens with two attached hydrogens (primary N) is 1. The highest BCUT2D eigenvalue weighted by Gasteiger charge is 1.98. The standard InChI is InChI=1S/C8H9NO2.C3H8.C2H6/c9-7-3-1-6(2-4-7)5-8(10)11;1-3-2;1-2/h1-4H,5,9H2,(H,10,11);3H2,1-2H3;1-2H3. The molecule has 0 bridgehead atoms.